The third-order valence-corrected chi connectivity index (χ3v) is 4.87. The number of rotatable bonds is 5. The molecule has 2 aromatic heterocycles. The zero-order valence-electron chi connectivity index (χ0n) is 16.0. The number of carbonyl (C=O) groups excluding carboxylic acids is 1. The third kappa shape index (κ3) is 4.29. The molecule has 0 fully saturated rings. The average Bonchev–Trinajstić information content (AvgIpc) is 2.77. The monoisotopic (exact) mass is 391 g/mol. The maximum Gasteiger partial charge on any atom is 0.255 e. The minimum absolute atomic E-state index is 0.0505. The van der Waals surface area contributed by atoms with E-state index in [-0.39, 0.29) is 11.7 Å². The second-order valence-electron chi connectivity index (χ2n) is 6.79. The largest absolute Gasteiger partial charge is 0.506 e. The Bertz CT molecular complexity index is 1000. The molecule has 0 atom stereocenters. The van der Waals surface area contributed by atoms with Gasteiger partial charge in [-0.05, 0) is 47.9 Å². The lowest BCUT2D eigenvalue weighted by Gasteiger charge is -2.29. The van der Waals surface area contributed by atoms with Crippen LogP contribution in [0.4, 0.5) is 0 Å². The van der Waals surface area contributed by atoms with E-state index in [9.17, 15) is 9.90 Å². The van der Waals surface area contributed by atoms with Gasteiger partial charge < -0.3 is 19.5 Å². The first kappa shape index (κ1) is 18.7. The molecule has 4 rings (SSSR count). The van der Waals surface area contributed by atoms with Crippen LogP contribution < -0.4 is 9.47 Å². The maximum atomic E-state index is 12.8. The molecular formula is C22H21N3O4. The maximum absolute atomic E-state index is 12.8. The fourth-order valence-corrected chi connectivity index (χ4v) is 3.27. The van der Waals surface area contributed by atoms with Crippen LogP contribution in [0.25, 0.3) is 0 Å². The molecule has 7 nitrogen and oxygen atoms in total. The molecule has 0 unspecified atom stereocenters. The molecule has 1 aliphatic heterocycles. The molecule has 148 valence electrons. The van der Waals surface area contributed by atoms with Crippen LogP contribution in [0.1, 0.15) is 27.2 Å². The summed E-state index contributed by atoms with van der Waals surface area (Å²) in [6.45, 7) is 1.49. The average molecular weight is 391 g/mol. The van der Waals surface area contributed by atoms with Crippen molar-refractivity contribution in [2.45, 2.75) is 19.6 Å². The molecule has 1 N–H and O–H groups in total. The van der Waals surface area contributed by atoms with Crippen molar-refractivity contribution >= 4 is 5.91 Å². The van der Waals surface area contributed by atoms with Crippen molar-refractivity contribution in [1.29, 1.82) is 0 Å². The van der Waals surface area contributed by atoms with Gasteiger partial charge in [0.1, 0.15) is 18.1 Å². The summed E-state index contributed by atoms with van der Waals surface area (Å²) in [5.74, 6) is 1.28. The van der Waals surface area contributed by atoms with Crippen LogP contribution in [0, 0.1) is 0 Å². The van der Waals surface area contributed by atoms with Crippen LogP contribution in [0.2, 0.25) is 0 Å². The molecule has 1 aliphatic rings. The van der Waals surface area contributed by atoms with E-state index >= 15 is 0 Å². The molecule has 1 amide bonds. The Labute approximate surface area is 168 Å². The summed E-state index contributed by atoms with van der Waals surface area (Å²) in [4.78, 5) is 22.9. The Balaban J connectivity index is 1.44. The van der Waals surface area contributed by atoms with Crippen molar-refractivity contribution in [2.24, 2.45) is 0 Å². The number of carbonyl (C=O) groups is 1. The van der Waals surface area contributed by atoms with Crippen LogP contribution in [-0.4, -0.2) is 39.5 Å². The number of aromatic nitrogens is 2. The van der Waals surface area contributed by atoms with Gasteiger partial charge in [0.2, 0.25) is 5.88 Å². The minimum atomic E-state index is -0.0505. The van der Waals surface area contributed by atoms with Crippen LogP contribution in [0.15, 0.2) is 54.9 Å². The number of hydrogen-bond donors (Lipinski definition) is 1. The number of amides is 1. The van der Waals surface area contributed by atoms with Gasteiger partial charge in [-0.3, -0.25) is 9.78 Å². The molecule has 29 heavy (non-hydrogen) atoms. The number of nitrogens with zero attached hydrogens (tertiary/aromatic N) is 3. The predicted octanol–water partition coefficient (Wildman–Crippen LogP) is 2.97. The molecular weight excluding hydrogens is 370 g/mol. The SMILES string of the molecule is COc1ccc(C(=O)N2CCc3ccc(OCc4ccc(O)cn4)cc3C2)cn1. The number of methoxy groups -OCH3 is 1. The lowest BCUT2D eigenvalue weighted by Crippen LogP contribution is -2.36. The second kappa shape index (κ2) is 8.18. The van der Waals surface area contributed by atoms with Crippen LogP contribution in [-0.2, 0) is 19.6 Å². The second-order valence-corrected chi connectivity index (χ2v) is 6.79. The topological polar surface area (TPSA) is 84.8 Å². The Morgan fingerprint density at radius 3 is 2.72 bits per heavy atom. The number of ether oxygens (including phenoxy) is 2. The van der Waals surface area contributed by atoms with Gasteiger partial charge in [-0.25, -0.2) is 4.98 Å². The summed E-state index contributed by atoms with van der Waals surface area (Å²) in [5.41, 5.74) is 3.56. The number of benzene rings is 1. The van der Waals surface area contributed by atoms with Gasteiger partial charge >= 0.3 is 0 Å². The highest BCUT2D eigenvalue weighted by Crippen LogP contribution is 2.25. The summed E-state index contributed by atoms with van der Waals surface area (Å²) in [6.07, 6.45) is 3.73. The fraction of sp³-hybridized carbons (Fsp3) is 0.227. The molecule has 0 aliphatic carbocycles. The molecule has 0 radical (unpaired) electrons. The number of aromatic hydroxyl groups is 1. The van der Waals surface area contributed by atoms with Gasteiger partial charge in [-0.15, -0.1) is 0 Å². The van der Waals surface area contributed by atoms with Gasteiger partial charge in [-0.1, -0.05) is 6.07 Å². The lowest BCUT2D eigenvalue weighted by atomic mass is 9.99. The Hall–Kier alpha value is -3.61. The Morgan fingerprint density at radius 1 is 1.10 bits per heavy atom. The molecule has 0 bridgehead atoms. The summed E-state index contributed by atoms with van der Waals surface area (Å²) >= 11 is 0. The van der Waals surface area contributed by atoms with Gasteiger partial charge in [0.15, 0.2) is 0 Å². The van der Waals surface area contributed by atoms with E-state index in [1.807, 2.05) is 23.1 Å². The van der Waals surface area contributed by atoms with E-state index in [2.05, 4.69) is 9.97 Å². The van der Waals surface area contributed by atoms with Crippen molar-refractivity contribution in [1.82, 2.24) is 14.9 Å². The first-order chi connectivity index (χ1) is 14.1. The van der Waals surface area contributed by atoms with E-state index in [1.54, 1.807) is 37.6 Å². The number of fused-ring (bicyclic) bond motifs is 1. The normalized spacial score (nSPS) is 12.9. The highest BCUT2D eigenvalue weighted by Gasteiger charge is 2.22. The van der Waals surface area contributed by atoms with Gasteiger partial charge in [0, 0.05) is 25.4 Å². The first-order valence-corrected chi connectivity index (χ1v) is 9.30. The predicted molar refractivity (Wildman–Crippen MR) is 106 cm³/mol. The van der Waals surface area contributed by atoms with Gasteiger partial charge in [0.25, 0.3) is 5.91 Å². The standard InChI is InChI=1S/C22H21N3O4/c1-28-21-7-3-16(11-24-21)22(27)25-9-8-15-2-6-20(10-17(15)13-25)29-14-18-4-5-19(26)12-23-18/h2-7,10-12,26H,8-9,13-14H2,1H3. The zero-order valence-corrected chi connectivity index (χ0v) is 16.0. The summed E-state index contributed by atoms with van der Waals surface area (Å²) < 4.78 is 10.9. The number of pyridine rings is 2. The van der Waals surface area contributed by atoms with Gasteiger partial charge in [-0.2, -0.15) is 0 Å². The van der Waals surface area contributed by atoms with Crippen molar-refractivity contribution in [2.75, 3.05) is 13.7 Å². The lowest BCUT2D eigenvalue weighted by molar-refractivity contribution is 0.0734. The molecule has 3 heterocycles. The van der Waals surface area contributed by atoms with E-state index in [0.717, 1.165) is 23.4 Å². The van der Waals surface area contributed by atoms with Crippen molar-refractivity contribution in [3.05, 3.63) is 77.2 Å². The zero-order chi connectivity index (χ0) is 20.2. The first-order valence-electron chi connectivity index (χ1n) is 9.30. The molecule has 0 spiro atoms. The molecule has 0 saturated heterocycles. The highest BCUT2D eigenvalue weighted by atomic mass is 16.5. The molecule has 3 aromatic rings. The molecule has 0 saturated carbocycles. The van der Waals surface area contributed by atoms with Gasteiger partial charge in [0.05, 0.1) is 24.6 Å². The van der Waals surface area contributed by atoms with E-state index in [1.165, 1.54) is 11.8 Å². The fourth-order valence-electron chi connectivity index (χ4n) is 3.27. The highest BCUT2D eigenvalue weighted by molar-refractivity contribution is 5.94. The Kier molecular flexibility index (Phi) is 5.29. The Morgan fingerprint density at radius 2 is 2.00 bits per heavy atom. The molecule has 1 aromatic carbocycles. The summed E-state index contributed by atoms with van der Waals surface area (Å²) in [6, 6.07) is 12.7. The van der Waals surface area contributed by atoms with Crippen LogP contribution in [0.5, 0.6) is 17.4 Å². The van der Waals surface area contributed by atoms with Crippen molar-refractivity contribution < 1.29 is 19.4 Å². The van der Waals surface area contributed by atoms with E-state index in [0.29, 0.717) is 31.1 Å². The van der Waals surface area contributed by atoms with Crippen LogP contribution >= 0.6 is 0 Å². The van der Waals surface area contributed by atoms with Crippen LogP contribution in [0.3, 0.4) is 0 Å². The van der Waals surface area contributed by atoms with Crippen molar-refractivity contribution in [3.63, 3.8) is 0 Å². The quantitative estimate of drug-likeness (QED) is 0.720. The minimum Gasteiger partial charge on any atom is -0.506 e. The van der Waals surface area contributed by atoms with E-state index < -0.39 is 0 Å². The third-order valence-electron chi connectivity index (χ3n) is 4.87. The summed E-state index contributed by atoms with van der Waals surface area (Å²) in [5, 5.41) is 9.31. The summed E-state index contributed by atoms with van der Waals surface area (Å²) in [7, 11) is 1.54. The smallest absolute Gasteiger partial charge is 0.255 e. The molecule has 7 heteroatoms. The number of hydrogen-bond acceptors (Lipinski definition) is 6. The van der Waals surface area contributed by atoms with Crippen molar-refractivity contribution in [3.8, 4) is 17.4 Å². The van der Waals surface area contributed by atoms with E-state index in [4.69, 9.17) is 9.47 Å².